The second-order valence-corrected chi connectivity index (χ2v) is 9.66. The van der Waals surface area contributed by atoms with Crippen molar-refractivity contribution in [2.75, 3.05) is 11.9 Å². The molecular formula is C27H25FN4O3. The van der Waals surface area contributed by atoms with Gasteiger partial charge in [0.2, 0.25) is 11.8 Å². The van der Waals surface area contributed by atoms with Gasteiger partial charge in [-0.2, -0.15) is 0 Å². The molecule has 2 fully saturated rings. The Kier molecular flexibility index (Phi) is 5.24. The molecule has 2 aromatic heterocycles. The minimum atomic E-state index is -1.09. The summed E-state index contributed by atoms with van der Waals surface area (Å²) in [6, 6.07) is 13.4. The third-order valence-electron chi connectivity index (χ3n) is 6.95. The maximum Gasteiger partial charge on any atom is 0.231 e. The number of H-pyrrole nitrogens is 1. The quantitative estimate of drug-likeness (QED) is 0.569. The van der Waals surface area contributed by atoms with E-state index < -0.39 is 12.1 Å². The highest BCUT2D eigenvalue weighted by Crippen LogP contribution is 2.37. The molecule has 0 unspecified atom stereocenters. The van der Waals surface area contributed by atoms with Gasteiger partial charge < -0.3 is 15.2 Å². The zero-order chi connectivity index (χ0) is 24.1. The Morgan fingerprint density at radius 3 is 2.63 bits per heavy atom. The molecule has 3 aromatic rings. The SMILES string of the molecule is O=C1CN(C(=O)C2CC2)Cc2[nH]c(-c3ccnc(NC(=O)[C@@H]4C[C@@H]4F)c3)c(Cc3ccccc3)c21. The lowest BCUT2D eigenvalue weighted by molar-refractivity contribution is -0.133. The van der Waals surface area contributed by atoms with E-state index in [4.69, 9.17) is 0 Å². The zero-order valence-electron chi connectivity index (χ0n) is 19.1. The van der Waals surface area contributed by atoms with E-state index in [1.54, 1.807) is 17.2 Å². The van der Waals surface area contributed by atoms with Gasteiger partial charge in [-0.3, -0.25) is 14.4 Å². The topological polar surface area (TPSA) is 95.2 Å². The minimum Gasteiger partial charge on any atom is -0.356 e. The summed E-state index contributed by atoms with van der Waals surface area (Å²) in [5.41, 5.74) is 4.83. The van der Waals surface area contributed by atoms with Gasteiger partial charge in [0.25, 0.3) is 0 Å². The van der Waals surface area contributed by atoms with Crippen LogP contribution in [0.2, 0.25) is 0 Å². The summed E-state index contributed by atoms with van der Waals surface area (Å²) in [5, 5.41) is 2.70. The number of anilines is 1. The lowest BCUT2D eigenvalue weighted by Crippen LogP contribution is -2.40. The van der Waals surface area contributed by atoms with Gasteiger partial charge in [-0.05, 0) is 42.5 Å². The van der Waals surface area contributed by atoms with Crippen LogP contribution >= 0.6 is 0 Å². The number of nitrogens with zero attached hydrogens (tertiary/aromatic N) is 2. The molecular weight excluding hydrogens is 447 g/mol. The van der Waals surface area contributed by atoms with Gasteiger partial charge in [0.1, 0.15) is 12.0 Å². The average Bonchev–Trinajstić information content (AvgIpc) is 3.78. The van der Waals surface area contributed by atoms with Crippen LogP contribution in [-0.4, -0.2) is 45.2 Å². The summed E-state index contributed by atoms with van der Waals surface area (Å²) >= 11 is 0. The molecule has 178 valence electrons. The fourth-order valence-corrected chi connectivity index (χ4v) is 4.83. The van der Waals surface area contributed by atoms with Crippen LogP contribution in [-0.2, 0) is 22.6 Å². The van der Waals surface area contributed by atoms with E-state index in [0.717, 1.165) is 40.9 Å². The van der Waals surface area contributed by atoms with Crippen LogP contribution in [0.3, 0.4) is 0 Å². The number of amides is 2. The Labute approximate surface area is 201 Å². The number of hydrogen-bond donors (Lipinski definition) is 2. The van der Waals surface area contributed by atoms with Crippen LogP contribution in [0.15, 0.2) is 48.7 Å². The van der Waals surface area contributed by atoms with E-state index in [0.29, 0.717) is 24.3 Å². The summed E-state index contributed by atoms with van der Waals surface area (Å²) < 4.78 is 13.3. The lowest BCUT2D eigenvalue weighted by atomic mass is 9.93. The van der Waals surface area contributed by atoms with Crippen molar-refractivity contribution in [2.24, 2.45) is 11.8 Å². The number of carbonyl (C=O) groups is 3. The first-order valence-electron chi connectivity index (χ1n) is 12.0. The molecule has 35 heavy (non-hydrogen) atoms. The molecule has 2 amide bonds. The van der Waals surface area contributed by atoms with Gasteiger partial charge in [-0.25, -0.2) is 9.37 Å². The number of alkyl halides is 1. The number of Topliss-reactive ketones (excluding diaryl/α,β-unsaturated/α-hetero) is 1. The summed E-state index contributed by atoms with van der Waals surface area (Å²) in [4.78, 5) is 47.5. The number of nitrogens with one attached hydrogen (secondary N) is 2. The van der Waals surface area contributed by atoms with Crippen molar-refractivity contribution in [3.05, 3.63) is 71.0 Å². The summed E-state index contributed by atoms with van der Waals surface area (Å²) in [6.07, 6.45) is 3.07. The first kappa shape index (κ1) is 21.7. The van der Waals surface area contributed by atoms with Crippen molar-refractivity contribution in [2.45, 2.75) is 38.4 Å². The molecule has 2 N–H and O–H groups in total. The van der Waals surface area contributed by atoms with E-state index >= 15 is 0 Å². The summed E-state index contributed by atoms with van der Waals surface area (Å²) in [5.74, 6) is -0.628. The number of rotatable bonds is 6. The molecule has 0 bridgehead atoms. The van der Waals surface area contributed by atoms with Crippen LogP contribution in [0.25, 0.3) is 11.3 Å². The van der Waals surface area contributed by atoms with Gasteiger partial charge in [0, 0.05) is 35.4 Å². The highest BCUT2D eigenvalue weighted by atomic mass is 19.1. The Morgan fingerprint density at radius 1 is 1.14 bits per heavy atom. The molecule has 1 aliphatic heterocycles. The number of fused-ring (bicyclic) bond motifs is 1. The number of carbonyl (C=O) groups excluding carboxylic acids is 3. The number of halogens is 1. The fraction of sp³-hybridized carbons (Fsp3) is 0.333. The van der Waals surface area contributed by atoms with Crippen LogP contribution in [0.1, 0.15) is 46.4 Å². The maximum absolute atomic E-state index is 13.3. The number of aromatic amines is 1. The van der Waals surface area contributed by atoms with Gasteiger partial charge in [-0.15, -0.1) is 0 Å². The Morgan fingerprint density at radius 2 is 1.91 bits per heavy atom. The molecule has 8 heteroatoms. The maximum atomic E-state index is 13.3. The van der Waals surface area contributed by atoms with Crippen molar-refractivity contribution in [1.82, 2.24) is 14.9 Å². The molecule has 6 rings (SSSR count). The highest BCUT2D eigenvalue weighted by molar-refractivity contribution is 6.05. The molecule has 2 atom stereocenters. The molecule has 0 saturated heterocycles. The summed E-state index contributed by atoms with van der Waals surface area (Å²) in [6.45, 7) is 0.456. The monoisotopic (exact) mass is 472 g/mol. The largest absolute Gasteiger partial charge is 0.356 e. The third kappa shape index (κ3) is 4.24. The number of hydrogen-bond acceptors (Lipinski definition) is 4. The molecule has 3 aliphatic rings. The molecule has 1 aromatic carbocycles. The highest BCUT2D eigenvalue weighted by Gasteiger charge is 2.44. The van der Waals surface area contributed by atoms with Crippen molar-refractivity contribution in [3.8, 4) is 11.3 Å². The van der Waals surface area contributed by atoms with E-state index in [-0.39, 0.29) is 36.5 Å². The van der Waals surface area contributed by atoms with E-state index in [2.05, 4.69) is 15.3 Å². The number of pyridine rings is 1. The number of aromatic nitrogens is 2. The molecule has 2 aliphatic carbocycles. The second-order valence-electron chi connectivity index (χ2n) is 9.66. The van der Waals surface area contributed by atoms with Gasteiger partial charge in [0.05, 0.1) is 24.7 Å². The average molecular weight is 473 g/mol. The lowest BCUT2D eigenvalue weighted by Gasteiger charge is -2.26. The van der Waals surface area contributed by atoms with Crippen LogP contribution in [0.4, 0.5) is 10.2 Å². The Bertz CT molecular complexity index is 1330. The van der Waals surface area contributed by atoms with E-state index in [1.807, 2.05) is 36.4 Å². The van der Waals surface area contributed by atoms with Crippen LogP contribution in [0.5, 0.6) is 0 Å². The normalized spacial score (nSPS) is 20.9. The molecule has 2 saturated carbocycles. The Balaban J connectivity index is 1.37. The number of benzene rings is 1. The number of ketones is 1. The van der Waals surface area contributed by atoms with Crippen molar-refractivity contribution in [1.29, 1.82) is 0 Å². The second kappa shape index (κ2) is 8.45. The fourth-order valence-electron chi connectivity index (χ4n) is 4.83. The first-order valence-corrected chi connectivity index (χ1v) is 12.0. The van der Waals surface area contributed by atoms with Crippen LogP contribution in [0, 0.1) is 11.8 Å². The summed E-state index contributed by atoms with van der Waals surface area (Å²) in [7, 11) is 0. The van der Waals surface area contributed by atoms with Gasteiger partial charge in [0.15, 0.2) is 5.78 Å². The predicted molar refractivity (Wildman–Crippen MR) is 127 cm³/mol. The van der Waals surface area contributed by atoms with Gasteiger partial charge >= 0.3 is 0 Å². The first-order chi connectivity index (χ1) is 17.0. The molecule has 3 heterocycles. The van der Waals surface area contributed by atoms with E-state index in [9.17, 15) is 18.8 Å². The molecule has 7 nitrogen and oxygen atoms in total. The van der Waals surface area contributed by atoms with Crippen LogP contribution < -0.4 is 5.32 Å². The van der Waals surface area contributed by atoms with E-state index in [1.165, 1.54) is 0 Å². The Hall–Kier alpha value is -3.81. The minimum absolute atomic E-state index is 0.0457. The van der Waals surface area contributed by atoms with Crippen molar-refractivity contribution < 1.29 is 18.8 Å². The van der Waals surface area contributed by atoms with Gasteiger partial charge in [-0.1, -0.05) is 30.3 Å². The van der Waals surface area contributed by atoms with Crippen molar-refractivity contribution in [3.63, 3.8) is 0 Å². The molecule has 0 radical (unpaired) electrons. The molecule has 0 spiro atoms. The predicted octanol–water partition coefficient (Wildman–Crippen LogP) is 3.90. The zero-order valence-corrected chi connectivity index (χ0v) is 19.1. The third-order valence-corrected chi connectivity index (χ3v) is 6.95. The van der Waals surface area contributed by atoms with Crippen molar-refractivity contribution >= 4 is 23.4 Å². The standard InChI is InChI=1S/C27H25FN4O3/c28-20-12-18(20)26(34)31-23-11-17(8-9-29-23)25-19(10-15-4-2-1-3-5-15)24-21(30-25)13-32(14-22(24)33)27(35)16-6-7-16/h1-5,8-9,11,16,18,20,30H,6-7,10,12-14H2,(H,29,31,34)/t18-,20+/m1/s1. The smallest absolute Gasteiger partial charge is 0.231 e.